The Bertz CT molecular complexity index is 437. The lowest BCUT2D eigenvalue weighted by Gasteiger charge is -2.38. The van der Waals surface area contributed by atoms with Crippen LogP contribution in [0.25, 0.3) is 0 Å². The zero-order chi connectivity index (χ0) is 15.1. The number of carbonyl (C=O) groups excluding carboxylic acids is 2. The van der Waals surface area contributed by atoms with Gasteiger partial charge in [0.15, 0.2) is 0 Å². The van der Waals surface area contributed by atoms with Crippen LogP contribution in [0.2, 0.25) is 0 Å². The van der Waals surface area contributed by atoms with Gasteiger partial charge in [-0.1, -0.05) is 0 Å². The third kappa shape index (κ3) is 3.00. The van der Waals surface area contributed by atoms with E-state index in [2.05, 4.69) is 0 Å². The maximum Gasteiger partial charge on any atom is 0.304 e. The molecule has 6 nitrogen and oxygen atoms in total. The van der Waals surface area contributed by atoms with Crippen LogP contribution in [0.15, 0.2) is 0 Å². The molecule has 0 aromatic heterocycles. The van der Waals surface area contributed by atoms with Crippen LogP contribution in [0.5, 0.6) is 0 Å². The van der Waals surface area contributed by atoms with Crippen LogP contribution in [-0.2, 0) is 14.4 Å². The molecule has 6 heteroatoms. The first-order valence-corrected chi connectivity index (χ1v) is 7.06. The number of imide groups is 1. The minimum Gasteiger partial charge on any atom is -0.481 e. The van der Waals surface area contributed by atoms with Crippen LogP contribution in [0.1, 0.15) is 46.5 Å². The lowest BCUT2D eigenvalue weighted by atomic mass is 10.0. The summed E-state index contributed by atoms with van der Waals surface area (Å²) in [5.74, 6) is -1.17. The summed E-state index contributed by atoms with van der Waals surface area (Å²) in [5, 5.41) is 8.85. The van der Waals surface area contributed by atoms with E-state index in [1.807, 2.05) is 25.7 Å². The monoisotopic (exact) mass is 282 g/mol. The van der Waals surface area contributed by atoms with Crippen molar-refractivity contribution in [2.75, 3.05) is 6.54 Å². The van der Waals surface area contributed by atoms with Gasteiger partial charge in [-0.2, -0.15) is 0 Å². The molecule has 1 aliphatic heterocycles. The van der Waals surface area contributed by atoms with Crippen molar-refractivity contribution in [1.82, 2.24) is 9.80 Å². The number of amides is 2. The molecule has 1 heterocycles. The highest BCUT2D eigenvalue weighted by Gasteiger charge is 2.49. The molecule has 1 N–H and O–H groups in total. The summed E-state index contributed by atoms with van der Waals surface area (Å²) in [6.45, 7) is 6.09. The van der Waals surface area contributed by atoms with E-state index in [9.17, 15) is 14.4 Å². The highest BCUT2D eigenvalue weighted by molar-refractivity contribution is 6.06. The van der Waals surface area contributed by atoms with Crippen LogP contribution < -0.4 is 0 Å². The van der Waals surface area contributed by atoms with Gasteiger partial charge >= 0.3 is 5.97 Å². The van der Waals surface area contributed by atoms with Crippen LogP contribution in [0.4, 0.5) is 0 Å². The van der Waals surface area contributed by atoms with Gasteiger partial charge in [-0.15, -0.1) is 0 Å². The molecule has 1 saturated heterocycles. The summed E-state index contributed by atoms with van der Waals surface area (Å²) in [5.41, 5.74) is -0.352. The Balaban J connectivity index is 2.14. The average Bonchev–Trinajstić information content (AvgIpc) is 3.06. The van der Waals surface area contributed by atoms with Crippen molar-refractivity contribution >= 4 is 17.8 Å². The fourth-order valence-electron chi connectivity index (χ4n) is 2.77. The normalized spacial score (nSPS) is 23.8. The first-order valence-electron chi connectivity index (χ1n) is 7.06. The molecule has 1 saturated carbocycles. The predicted molar refractivity (Wildman–Crippen MR) is 72.0 cm³/mol. The maximum atomic E-state index is 12.4. The summed E-state index contributed by atoms with van der Waals surface area (Å²) in [6, 6.07) is -0.427. The van der Waals surface area contributed by atoms with E-state index in [1.54, 1.807) is 0 Å². The highest BCUT2D eigenvalue weighted by atomic mass is 16.4. The van der Waals surface area contributed by atoms with E-state index in [0.717, 1.165) is 12.8 Å². The smallest absolute Gasteiger partial charge is 0.304 e. The van der Waals surface area contributed by atoms with Gasteiger partial charge in [0.05, 0.1) is 18.9 Å². The molecule has 0 spiro atoms. The van der Waals surface area contributed by atoms with Crippen molar-refractivity contribution in [1.29, 1.82) is 0 Å². The Labute approximate surface area is 118 Å². The minimum atomic E-state index is -0.893. The number of carbonyl (C=O) groups is 3. The Kier molecular flexibility index (Phi) is 3.86. The SMILES string of the molecule is CC(C)(C)N(CCC(=O)O)C1CC(=O)N(C2CC2)C1=O. The summed E-state index contributed by atoms with van der Waals surface area (Å²) >= 11 is 0. The van der Waals surface area contributed by atoms with E-state index in [4.69, 9.17) is 5.11 Å². The van der Waals surface area contributed by atoms with Crippen molar-refractivity contribution in [2.45, 2.75) is 64.1 Å². The minimum absolute atomic E-state index is 0.0291. The van der Waals surface area contributed by atoms with Crippen LogP contribution in [0.3, 0.4) is 0 Å². The zero-order valence-corrected chi connectivity index (χ0v) is 12.3. The van der Waals surface area contributed by atoms with E-state index >= 15 is 0 Å². The number of carboxylic acid groups (broad SMARTS) is 1. The first kappa shape index (κ1) is 15.0. The molecule has 0 bridgehead atoms. The van der Waals surface area contributed by atoms with Gasteiger partial charge in [-0.05, 0) is 33.6 Å². The van der Waals surface area contributed by atoms with Crippen molar-refractivity contribution in [2.24, 2.45) is 0 Å². The van der Waals surface area contributed by atoms with Gasteiger partial charge in [0.1, 0.15) is 0 Å². The van der Waals surface area contributed by atoms with E-state index in [0.29, 0.717) is 0 Å². The second kappa shape index (κ2) is 5.16. The predicted octanol–water partition coefficient (Wildman–Crippen LogP) is 0.851. The van der Waals surface area contributed by atoms with Gasteiger partial charge in [-0.25, -0.2) is 0 Å². The molecule has 1 aliphatic carbocycles. The molecular weight excluding hydrogens is 260 g/mol. The lowest BCUT2D eigenvalue weighted by molar-refractivity contribution is -0.143. The molecule has 0 aromatic rings. The number of aliphatic carboxylic acids is 1. The molecule has 112 valence electrons. The lowest BCUT2D eigenvalue weighted by Crippen LogP contribution is -2.52. The third-order valence-corrected chi connectivity index (χ3v) is 3.88. The van der Waals surface area contributed by atoms with Gasteiger partial charge < -0.3 is 5.11 Å². The number of carboxylic acids is 1. The summed E-state index contributed by atoms with van der Waals surface area (Å²) in [4.78, 5) is 38.5. The maximum absolute atomic E-state index is 12.4. The second-order valence-corrected chi connectivity index (χ2v) is 6.56. The largest absolute Gasteiger partial charge is 0.481 e. The van der Waals surface area contributed by atoms with Crippen molar-refractivity contribution in [3.05, 3.63) is 0 Å². The third-order valence-electron chi connectivity index (χ3n) is 3.88. The van der Waals surface area contributed by atoms with Crippen molar-refractivity contribution in [3.63, 3.8) is 0 Å². The van der Waals surface area contributed by atoms with Gasteiger partial charge in [-0.3, -0.25) is 24.2 Å². The molecule has 2 rings (SSSR count). The topological polar surface area (TPSA) is 77.9 Å². The fourth-order valence-corrected chi connectivity index (χ4v) is 2.77. The molecule has 0 radical (unpaired) electrons. The summed E-state index contributed by atoms with van der Waals surface area (Å²) < 4.78 is 0. The van der Waals surface area contributed by atoms with Crippen LogP contribution >= 0.6 is 0 Å². The molecule has 1 unspecified atom stereocenters. The molecule has 2 fully saturated rings. The van der Waals surface area contributed by atoms with Gasteiger partial charge in [0, 0.05) is 18.1 Å². The van der Waals surface area contributed by atoms with Gasteiger partial charge in [0.25, 0.3) is 0 Å². The fraction of sp³-hybridized carbons (Fsp3) is 0.786. The number of hydrogen-bond acceptors (Lipinski definition) is 4. The average molecular weight is 282 g/mol. The standard InChI is InChI=1S/C14H22N2O4/c1-14(2,3)15(7-6-12(18)19)10-8-11(17)16(13(10)20)9-4-5-9/h9-10H,4-8H2,1-3H3,(H,18,19). The molecule has 1 atom stereocenters. The van der Waals surface area contributed by atoms with E-state index < -0.39 is 12.0 Å². The number of hydrogen-bond donors (Lipinski definition) is 1. The number of likely N-dealkylation sites (tertiary alicyclic amines) is 1. The Morgan fingerprint density at radius 3 is 2.40 bits per heavy atom. The zero-order valence-electron chi connectivity index (χ0n) is 12.3. The molecule has 2 amide bonds. The van der Waals surface area contributed by atoms with Crippen LogP contribution in [0, 0.1) is 0 Å². The number of nitrogens with zero attached hydrogens (tertiary/aromatic N) is 2. The second-order valence-electron chi connectivity index (χ2n) is 6.56. The summed E-state index contributed by atoms with van der Waals surface area (Å²) in [6.07, 6.45) is 1.94. The first-order chi connectivity index (χ1) is 9.21. The molecular formula is C14H22N2O4. The van der Waals surface area contributed by atoms with Gasteiger partial charge in [0.2, 0.25) is 11.8 Å². The van der Waals surface area contributed by atoms with Crippen LogP contribution in [-0.4, -0.2) is 56.9 Å². The van der Waals surface area contributed by atoms with E-state index in [1.165, 1.54) is 4.90 Å². The van der Waals surface area contributed by atoms with E-state index in [-0.39, 0.29) is 42.8 Å². The van der Waals surface area contributed by atoms with Crippen molar-refractivity contribution < 1.29 is 19.5 Å². The Hall–Kier alpha value is -1.43. The molecule has 20 heavy (non-hydrogen) atoms. The quantitative estimate of drug-likeness (QED) is 0.756. The summed E-state index contributed by atoms with van der Waals surface area (Å²) in [7, 11) is 0. The molecule has 2 aliphatic rings. The Morgan fingerprint density at radius 2 is 1.95 bits per heavy atom. The Morgan fingerprint density at radius 1 is 1.35 bits per heavy atom. The molecule has 0 aromatic carbocycles. The highest BCUT2D eigenvalue weighted by Crippen LogP contribution is 2.34. The number of rotatable bonds is 5. The van der Waals surface area contributed by atoms with Crippen molar-refractivity contribution in [3.8, 4) is 0 Å².